The number of unbranched alkanes of at least 4 members (excludes halogenated alkanes) is 1. The fourth-order valence-electron chi connectivity index (χ4n) is 9.63. The molecule has 2 aromatic carbocycles. The van der Waals surface area contributed by atoms with Crippen LogP contribution in [0.3, 0.4) is 0 Å². The second-order valence-corrected chi connectivity index (χ2v) is 19.9. The lowest BCUT2D eigenvalue weighted by molar-refractivity contribution is -0.154. The monoisotopic (exact) mass is 1000 g/mol. The molecular weight excluding hydrogens is 921 g/mol. The molecule has 72 heavy (non-hydrogen) atoms. The van der Waals surface area contributed by atoms with Crippen molar-refractivity contribution in [2.45, 2.75) is 148 Å². The molecule has 18 heteroatoms. The highest BCUT2D eigenvalue weighted by atomic mass is 16.5. The van der Waals surface area contributed by atoms with E-state index in [2.05, 4.69) is 28.2 Å². The second kappa shape index (κ2) is 28.2. The van der Waals surface area contributed by atoms with E-state index >= 15 is 0 Å². The van der Waals surface area contributed by atoms with Crippen molar-refractivity contribution in [3.8, 4) is 0 Å². The summed E-state index contributed by atoms with van der Waals surface area (Å²) in [5, 5.41) is 11.4. The largest absolute Gasteiger partial charge is 0.467 e. The summed E-state index contributed by atoms with van der Waals surface area (Å²) in [5.41, 5.74) is 1.58. The minimum absolute atomic E-state index is 0.0833. The average Bonchev–Trinajstić information content (AvgIpc) is 4.09. The summed E-state index contributed by atoms with van der Waals surface area (Å²) in [5.74, 6) is -5.19. The number of likely N-dealkylation sites (N-methyl/N-ethyl adjacent to an activating group) is 3. The Hall–Kier alpha value is -6.17. The lowest BCUT2D eigenvalue weighted by Gasteiger charge is -2.34. The highest BCUT2D eigenvalue weighted by molar-refractivity contribution is 5.97. The van der Waals surface area contributed by atoms with Gasteiger partial charge in [0, 0.05) is 46.4 Å². The van der Waals surface area contributed by atoms with Crippen LogP contribution in [0.1, 0.15) is 104 Å². The standard InChI is InChI=1S/C54H80N8O10/c1-11-13-21-36(6)48(65)39-27-28-40(57-39)52(69)60(8)42(30-37-22-16-14-17-23-37)49(66)55-33-45(64)61(9)47(34(3)4)51(68)58-46(35(5)12-2)50(67)56-32-44(63)59(7)43(31-38-24-18-15-19-25-38)53(70)62-29-20-26-41(62)54(71)72-10/h14-19,22-25,34-36,39-43,46-47,57H,11-13,20-21,26-33H2,1-10H3,(H,55,66)(H,56,67)(H,58,68). The first-order valence-electron chi connectivity index (χ1n) is 25.7. The molecule has 0 bridgehead atoms. The zero-order chi connectivity index (χ0) is 53.2. The number of ether oxygens (including phenoxy) is 1. The van der Waals surface area contributed by atoms with Crippen LogP contribution in [0.15, 0.2) is 60.7 Å². The van der Waals surface area contributed by atoms with Crippen molar-refractivity contribution in [1.29, 1.82) is 0 Å². The van der Waals surface area contributed by atoms with Crippen molar-refractivity contribution >= 4 is 53.1 Å². The minimum atomic E-state index is -1.11. The molecule has 0 radical (unpaired) electrons. The van der Waals surface area contributed by atoms with Crippen LogP contribution in [0.5, 0.6) is 0 Å². The number of hydrogen-bond donors (Lipinski definition) is 4. The number of esters is 1. The summed E-state index contributed by atoms with van der Waals surface area (Å²) in [7, 11) is 5.73. The topological polar surface area (TPSA) is 224 Å². The molecule has 2 fully saturated rings. The average molecular weight is 1000 g/mol. The third kappa shape index (κ3) is 15.7. The van der Waals surface area contributed by atoms with Crippen molar-refractivity contribution in [1.82, 2.24) is 40.9 Å². The highest BCUT2D eigenvalue weighted by Crippen LogP contribution is 2.24. The number of rotatable bonds is 26. The Morgan fingerprint density at radius 1 is 0.708 bits per heavy atom. The number of hydrogen-bond acceptors (Lipinski definition) is 11. The predicted octanol–water partition coefficient (Wildman–Crippen LogP) is 3.05. The summed E-state index contributed by atoms with van der Waals surface area (Å²) >= 11 is 0. The lowest BCUT2D eigenvalue weighted by atomic mass is 9.94. The number of carbonyl (C=O) groups excluding carboxylic acids is 9. The molecule has 4 N–H and O–H groups in total. The van der Waals surface area contributed by atoms with Gasteiger partial charge < -0.3 is 40.3 Å². The Bertz CT molecular complexity index is 2180. The fourth-order valence-corrected chi connectivity index (χ4v) is 9.63. The number of carbonyl (C=O) groups is 9. The number of methoxy groups -OCH3 is 1. The molecule has 2 saturated heterocycles. The molecule has 2 aliphatic rings. The third-order valence-corrected chi connectivity index (χ3v) is 14.4. The van der Waals surface area contributed by atoms with Crippen LogP contribution >= 0.6 is 0 Å². The molecule has 2 heterocycles. The number of ketones is 1. The SMILES string of the molecule is CCCCC(C)C(=O)C1CCC(C(=O)N(C)C(Cc2ccccc2)C(=O)NCC(=O)N(C)C(C(=O)NC(C(=O)NCC(=O)N(C)C(Cc2ccccc2)C(=O)N2CCCC2C(=O)OC)C(C)CC)C(C)C)N1. The second-order valence-electron chi connectivity index (χ2n) is 19.9. The number of Topliss-reactive ketones (excluding diaryl/α,β-unsaturated/α-hetero) is 1. The molecule has 9 unspecified atom stereocenters. The van der Waals surface area contributed by atoms with E-state index in [1.54, 1.807) is 27.8 Å². The Labute approximate surface area is 426 Å². The molecule has 18 nitrogen and oxygen atoms in total. The lowest BCUT2D eigenvalue weighted by Crippen LogP contribution is -2.59. The predicted molar refractivity (Wildman–Crippen MR) is 273 cm³/mol. The number of benzene rings is 2. The maximum Gasteiger partial charge on any atom is 0.328 e. The third-order valence-electron chi connectivity index (χ3n) is 14.4. The van der Waals surface area contributed by atoms with Crippen LogP contribution in [-0.2, 0) is 60.7 Å². The number of nitrogens with one attached hydrogen (secondary N) is 4. The van der Waals surface area contributed by atoms with Crippen molar-refractivity contribution in [3.05, 3.63) is 71.8 Å². The quantitative estimate of drug-likeness (QED) is 0.100. The van der Waals surface area contributed by atoms with Gasteiger partial charge in [0.1, 0.15) is 30.2 Å². The van der Waals surface area contributed by atoms with Crippen molar-refractivity contribution in [3.63, 3.8) is 0 Å². The van der Waals surface area contributed by atoms with E-state index in [1.807, 2.05) is 74.5 Å². The Balaban J connectivity index is 1.42. The van der Waals surface area contributed by atoms with Gasteiger partial charge in [-0.1, -0.05) is 121 Å². The summed E-state index contributed by atoms with van der Waals surface area (Å²) in [4.78, 5) is 129. The summed E-state index contributed by atoms with van der Waals surface area (Å²) in [6.45, 7) is 10.5. The Morgan fingerprint density at radius 3 is 1.82 bits per heavy atom. The van der Waals surface area contributed by atoms with Gasteiger partial charge in [0.15, 0.2) is 5.78 Å². The van der Waals surface area contributed by atoms with Gasteiger partial charge in [0.2, 0.25) is 41.4 Å². The molecule has 0 aromatic heterocycles. The van der Waals surface area contributed by atoms with Crippen molar-refractivity contribution in [2.24, 2.45) is 17.8 Å². The fraction of sp³-hybridized carbons (Fsp3) is 0.611. The zero-order valence-electron chi connectivity index (χ0n) is 44.1. The molecular formula is C54H80N8O10. The molecule has 0 saturated carbocycles. The van der Waals surface area contributed by atoms with E-state index in [4.69, 9.17) is 4.74 Å². The first-order valence-corrected chi connectivity index (χ1v) is 25.7. The van der Waals surface area contributed by atoms with Crippen LogP contribution in [-0.4, -0.2) is 163 Å². The first-order chi connectivity index (χ1) is 34.2. The first kappa shape index (κ1) is 58.4. The van der Waals surface area contributed by atoms with Crippen LogP contribution in [0.25, 0.3) is 0 Å². The molecule has 396 valence electrons. The van der Waals surface area contributed by atoms with Gasteiger partial charge in [0.25, 0.3) is 0 Å². The minimum Gasteiger partial charge on any atom is -0.467 e. The van der Waals surface area contributed by atoms with Gasteiger partial charge in [0.05, 0.1) is 32.3 Å². The molecule has 0 aliphatic carbocycles. The van der Waals surface area contributed by atoms with E-state index < -0.39 is 109 Å². The number of nitrogens with zero attached hydrogens (tertiary/aromatic N) is 4. The van der Waals surface area contributed by atoms with Crippen molar-refractivity contribution in [2.75, 3.05) is 47.9 Å². The van der Waals surface area contributed by atoms with Gasteiger partial charge in [-0.2, -0.15) is 0 Å². The zero-order valence-corrected chi connectivity index (χ0v) is 44.1. The summed E-state index contributed by atoms with van der Waals surface area (Å²) in [6.07, 6.45) is 5.48. The van der Waals surface area contributed by atoms with Gasteiger partial charge in [-0.3, -0.25) is 43.7 Å². The van der Waals surface area contributed by atoms with E-state index in [9.17, 15) is 43.2 Å². The molecule has 7 amide bonds. The maximum absolute atomic E-state index is 14.2. The molecule has 2 aliphatic heterocycles. The molecule has 0 spiro atoms. The van der Waals surface area contributed by atoms with E-state index in [0.717, 1.165) is 30.4 Å². The van der Waals surface area contributed by atoms with Crippen LogP contribution < -0.4 is 21.3 Å². The van der Waals surface area contributed by atoms with Gasteiger partial charge in [-0.15, -0.1) is 0 Å². The summed E-state index contributed by atoms with van der Waals surface area (Å²) in [6, 6.07) is 12.3. The normalized spacial score (nSPS) is 18.9. The van der Waals surface area contributed by atoms with E-state index in [1.165, 1.54) is 40.8 Å². The number of likely N-dealkylation sites (tertiary alicyclic amines) is 1. The molecule has 2 aromatic rings. The van der Waals surface area contributed by atoms with Crippen LogP contribution in [0.2, 0.25) is 0 Å². The number of amides is 7. The smallest absolute Gasteiger partial charge is 0.328 e. The Morgan fingerprint density at radius 2 is 1.26 bits per heavy atom. The van der Waals surface area contributed by atoms with Crippen LogP contribution in [0.4, 0.5) is 0 Å². The van der Waals surface area contributed by atoms with Gasteiger partial charge >= 0.3 is 5.97 Å². The maximum atomic E-state index is 14.2. The van der Waals surface area contributed by atoms with Crippen molar-refractivity contribution < 1.29 is 47.9 Å². The molecule has 9 atom stereocenters. The van der Waals surface area contributed by atoms with Crippen LogP contribution in [0, 0.1) is 17.8 Å². The van der Waals surface area contributed by atoms with Gasteiger partial charge in [-0.05, 0) is 55.1 Å². The van der Waals surface area contributed by atoms with E-state index in [0.29, 0.717) is 38.6 Å². The van der Waals surface area contributed by atoms with E-state index in [-0.39, 0.29) is 30.4 Å². The molecule has 4 rings (SSSR count). The Kier molecular flexibility index (Phi) is 22.9. The van der Waals surface area contributed by atoms with Gasteiger partial charge in [-0.25, -0.2) is 4.79 Å². The highest BCUT2D eigenvalue weighted by Gasteiger charge is 2.42. The summed E-state index contributed by atoms with van der Waals surface area (Å²) < 4.78 is 4.96.